The molecule has 126 valence electrons. The molecule has 0 aliphatic heterocycles. The van der Waals surface area contributed by atoms with Gasteiger partial charge < -0.3 is 14.7 Å². The van der Waals surface area contributed by atoms with Gasteiger partial charge in [-0.15, -0.1) is 0 Å². The highest BCUT2D eigenvalue weighted by Crippen LogP contribution is 2.30. The number of amides is 1. The molecule has 1 unspecified atom stereocenters. The largest absolute Gasteiger partial charge is 0.480 e. The van der Waals surface area contributed by atoms with Crippen LogP contribution in [-0.2, 0) is 4.79 Å². The summed E-state index contributed by atoms with van der Waals surface area (Å²) in [5.74, 6) is -1.90. The van der Waals surface area contributed by atoms with E-state index in [4.69, 9.17) is 5.11 Å². The van der Waals surface area contributed by atoms with Crippen LogP contribution in [0, 0.1) is 0 Å². The Morgan fingerprint density at radius 2 is 2.09 bits per heavy atom. The van der Waals surface area contributed by atoms with Gasteiger partial charge in [0.1, 0.15) is 6.04 Å². The molecule has 1 N–H and O–H groups in total. The van der Waals surface area contributed by atoms with Crippen LogP contribution in [0.5, 0.6) is 5.88 Å². The molecule has 2 rings (SSSR count). The predicted octanol–water partition coefficient (Wildman–Crippen LogP) is 2.10. The van der Waals surface area contributed by atoms with Crippen LogP contribution < -0.4 is 4.74 Å². The standard InChI is InChI=1S/C14H15F3N2O4/c1-8(13(21)22)19(10-3-4-10)12(20)9-2-5-11(18-6-9)23-7-14(15,16)17/h2,5-6,8,10H,3-4,7H2,1H3,(H,21,22). The summed E-state index contributed by atoms with van der Waals surface area (Å²) in [6.07, 6.45) is -1.94. The van der Waals surface area contributed by atoms with E-state index in [-0.39, 0.29) is 17.5 Å². The molecule has 1 amide bonds. The lowest BCUT2D eigenvalue weighted by atomic mass is 10.2. The minimum Gasteiger partial charge on any atom is -0.480 e. The maximum Gasteiger partial charge on any atom is 0.422 e. The van der Waals surface area contributed by atoms with Crippen molar-refractivity contribution in [2.75, 3.05) is 6.61 Å². The molecule has 0 saturated heterocycles. The predicted molar refractivity (Wildman–Crippen MR) is 72.1 cm³/mol. The van der Waals surface area contributed by atoms with Crippen LogP contribution in [0.4, 0.5) is 13.2 Å². The average Bonchev–Trinajstić information content (AvgIpc) is 3.29. The van der Waals surface area contributed by atoms with Gasteiger partial charge in [0.05, 0.1) is 5.56 Å². The Hall–Kier alpha value is -2.32. The van der Waals surface area contributed by atoms with Gasteiger partial charge in [0.2, 0.25) is 5.88 Å². The molecule has 1 aliphatic carbocycles. The lowest BCUT2D eigenvalue weighted by Crippen LogP contribution is -2.44. The third-order valence-electron chi connectivity index (χ3n) is 3.32. The van der Waals surface area contributed by atoms with Crippen molar-refractivity contribution >= 4 is 11.9 Å². The summed E-state index contributed by atoms with van der Waals surface area (Å²) in [7, 11) is 0. The SMILES string of the molecule is CC(C(=O)O)N(C(=O)c1ccc(OCC(F)(F)F)nc1)C1CC1. The number of ether oxygens (including phenoxy) is 1. The second-order valence-electron chi connectivity index (χ2n) is 5.25. The number of carbonyl (C=O) groups is 2. The molecule has 1 fully saturated rings. The molecule has 1 heterocycles. The Kier molecular flexibility index (Phi) is 4.76. The van der Waals surface area contributed by atoms with Crippen molar-refractivity contribution in [1.29, 1.82) is 0 Å². The van der Waals surface area contributed by atoms with E-state index in [9.17, 15) is 22.8 Å². The second-order valence-corrected chi connectivity index (χ2v) is 5.25. The molecule has 9 heteroatoms. The fraction of sp³-hybridized carbons (Fsp3) is 0.500. The first kappa shape index (κ1) is 17.0. The topological polar surface area (TPSA) is 79.7 Å². The third-order valence-corrected chi connectivity index (χ3v) is 3.32. The number of hydrogen-bond donors (Lipinski definition) is 1. The smallest absolute Gasteiger partial charge is 0.422 e. The highest BCUT2D eigenvalue weighted by atomic mass is 19.4. The van der Waals surface area contributed by atoms with Crippen LogP contribution in [0.15, 0.2) is 18.3 Å². The van der Waals surface area contributed by atoms with E-state index in [0.717, 1.165) is 25.1 Å². The zero-order chi connectivity index (χ0) is 17.2. The molecule has 0 aromatic carbocycles. The number of rotatable bonds is 6. The molecule has 1 saturated carbocycles. The zero-order valence-corrected chi connectivity index (χ0v) is 12.2. The summed E-state index contributed by atoms with van der Waals surface area (Å²) in [5.41, 5.74) is 0.101. The lowest BCUT2D eigenvalue weighted by molar-refractivity contribution is -0.154. The summed E-state index contributed by atoms with van der Waals surface area (Å²) in [5, 5.41) is 9.08. The summed E-state index contributed by atoms with van der Waals surface area (Å²) in [4.78, 5) is 28.4. The number of pyridine rings is 1. The van der Waals surface area contributed by atoms with Crippen LogP contribution in [0.3, 0.4) is 0 Å². The Morgan fingerprint density at radius 3 is 2.52 bits per heavy atom. The molecule has 1 aromatic heterocycles. The fourth-order valence-electron chi connectivity index (χ4n) is 2.03. The second kappa shape index (κ2) is 6.43. The number of nitrogens with zero attached hydrogens (tertiary/aromatic N) is 2. The monoisotopic (exact) mass is 332 g/mol. The highest BCUT2D eigenvalue weighted by molar-refractivity contribution is 5.96. The van der Waals surface area contributed by atoms with Crippen molar-refractivity contribution < 1.29 is 32.6 Å². The van der Waals surface area contributed by atoms with Crippen LogP contribution in [-0.4, -0.2) is 51.7 Å². The number of carboxylic acid groups (broad SMARTS) is 1. The summed E-state index contributed by atoms with van der Waals surface area (Å²) in [6, 6.07) is 1.30. The van der Waals surface area contributed by atoms with Gasteiger partial charge in [-0.3, -0.25) is 4.79 Å². The minimum atomic E-state index is -4.48. The van der Waals surface area contributed by atoms with Gasteiger partial charge in [0.25, 0.3) is 5.91 Å². The number of alkyl halides is 3. The first-order chi connectivity index (χ1) is 10.7. The minimum absolute atomic E-state index is 0.101. The normalized spacial score (nSPS) is 15.8. The van der Waals surface area contributed by atoms with Crippen molar-refractivity contribution in [3.8, 4) is 5.88 Å². The summed E-state index contributed by atoms with van der Waals surface area (Å²) < 4.78 is 40.6. The number of aliphatic carboxylic acids is 1. The Morgan fingerprint density at radius 1 is 1.43 bits per heavy atom. The maximum atomic E-state index is 12.4. The van der Waals surface area contributed by atoms with Crippen molar-refractivity contribution in [3.63, 3.8) is 0 Å². The average molecular weight is 332 g/mol. The van der Waals surface area contributed by atoms with Gasteiger partial charge in [-0.2, -0.15) is 13.2 Å². The Balaban J connectivity index is 2.08. The van der Waals surface area contributed by atoms with Gasteiger partial charge in [-0.1, -0.05) is 0 Å². The first-order valence-electron chi connectivity index (χ1n) is 6.90. The summed E-state index contributed by atoms with van der Waals surface area (Å²) >= 11 is 0. The molecule has 1 aliphatic rings. The van der Waals surface area contributed by atoms with E-state index in [0.29, 0.717) is 0 Å². The van der Waals surface area contributed by atoms with Crippen molar-refractivity contribution in [2.24, 2.45) is 0 Å². The Bertz CT molecular complexity index is 585. The number of aromatic nitrogens is 1. The van der Waals surface area contributed by atoms with E-state index in [1.165, 1.54) is 17.9 Å². The molecule has 1 aromatic rings. The van der Waals surface area contributed by atoms with E-state index < -0.39 is 30.7 Å². The van der Waals surface area contributed by atoms with Gasteiger partial charge in [-0.05, 0) is 25.8 Å². The number of hydrogen-bond acceptors (Lipinski definition) is 4. The van der Waals surface area contributed by atoms with Crippen molar-refractivity contribution in [3.05, 3.63) is 23.9 Å². The quantitative estimate of drug-likeness (QED) is 0.863. The van der Waals surface area contributed by atoms with E-state index >= 15 is 0 Å². The number of halogens is 3. The highest BCUT2D eigenvalue weighted by Gasteiger charge is 2.38. The molecular formula is C14H15F3N2O4. The fourth-order valence-corrected chi connectivity index (χ4v) is 2.03. The van der Waals surface area contributed by atoms with E-state index in [2.05, 4.69) is 9.72 Å². The Labute approximate surface area is 129 Å². The molecule has 6 nitrogen and oxygen atoms in total. The third kappa shape index (κ3) is 4.57. The number of carboxylic acids is 1. The number of carbonyl (C=O) groups excluding carboxylic acids is 1. The molecule has 0 radical (unpaired) electrons. The molecule has 1 atom stereocenters. The molecule has 0 bridgehead atoms. The maximum absolute atomic E-state index is 12.4. The first-order valence-corrected chi connectivity index (χ1v) is 6.90. The molecule has 0 spiro atoms. The lowest BCUT2D eigenvalue weighted by Gasteiger charge is -2.26. The molecular weight excluding hydrogens is 317 g/mol. The van der Waals surface area contributed by atoms with Gasteiger partial charge in [0, 0.05) is 18.3 Å². The molecule has 23 heavy (non-hydrogen) atoms. The van der Waals surface area contributed by atoms with Crippen LogP contribution in [0.2, 0.25) is 0 Å². The van der Waals surface area contributed by atoms with Gasteiger partial charge in [-0.25, -0.2) is 9.78 Å². The van der Waals surface area contributed by atoms with Crippen LogP contribution in [0.1, 0.15) is 30.1 Å². The zero-order valence-electron chi connectivity index (χ0n) is 12.2. The van der Waals surface area contributed by atoms with Crippen LogP contribution >= 0.6 is 0 Å². The van der Waals surface area contributed by atoms with Gasteiger partial charge >= 0.3 is 12.1 Å². The van der Waals surface area contributed by atoms with Crippen molar-refractivity contribution in [2.45, 2.75) is 38.0 Å². The van der Waals surface area contributed by atoms with E-state index in [1.54, 1.807) is 0 Å². The van der Waals surface area contributed by atoms with E-state index in [1.807, 2.05) is 0 Å². The van der Waals surface area contributed by atoms with Crippen LogP contribution in [0.25, 0.3) is 0 Å². The van der Waals surface area contributed by atoms with Crippen molar-refractivity contribution in [1.82, 2.24) is 9.88 Å². The summed E-state index contributed by atoms with van der Waals surface area (Å²) in [6.45, 7) is -0.0651. The van der Waals surface area contributed by atoms with Gasteiger partial charge in [0.15, 0.2) is 6.61 Å².